The molecule has 2 aromatic heterocycles. The summed E-state index contributed by atoms with van der Waals surface area (Å²) in [5.74, 6) is -0.873. The van der Waals surface area contributed by atoms with Gasteiger partial charge in [-0.3, -0.25) is 4.72 Å². The molecule has 2 N–H and O–H groups in total. The normalized spacial score (nSPS) is 11.4. The first kappa shape index (κ1) is 20.7. The quantitative estimate of drug-likeness (QED) is 0.363. The largest absolute Gasteiger partial charge is 0.331 e. The molecule has 0 aliphatic carbocycles. The van der Waals surface area contributed by atoms with E-state index in [1.807, 2.05) is 29.6 Å². The molecule has 30 heavy (non-hydrogen) atoms. The molecule has 4 aromatic rings. The van der Waals surface area contributed by atoms with Crippen molar-refractivity contribution in [2.24, 2.45) is 0 Å². The van der Waals surface area contributed by atoms with E-state index in [0.717, 1.165) is 28.7 Å². The molecule has 0 atom stereocenters. The maximum Gasteiger partial charge on any atom is 0.266 e. The number of hydrogen-bond donors (Lipinski definition) is 2. The maximum atomic E-state index is 14.5. The summed E-state index contributed by atoms with van der Waals surface area (Å²) in [5.41, 5.74) is 2.33. The van der Waals surface area contributed by atoms with Crippen molar-refractivity contribution in [3.63, 3.8) is 0 Å². The van der Waals surface area contributed by atoms with Crippen LogP contribution < -0.4 is 10.0 Å². The van der Waals surface area contributed by atoms with Crippen LogP contribution in [-0.4, -0.2) is 18.4 Å². The monoisotopic (exact) mass is 480 g/mol. The van der Waals surface area contributed by atoms with Gasteiger partial charge in [0.05, 0.1) is 5.69 Å². The van der Waals surface area contributed by atoms with Crippen molar-refractivity contribution in [3.05, 3.63) is 81.5 Å². The van der Waals surface area contributed by atoms with E-state index in [4.69, 9.17) is 11.6 Å². The molecule has 0 radical (unpaired) electrons. The third kappa shape index (κ3) is 4.96. The van der Waals surface area contributed by atoms with E-state index >= 15 is 0 Å². The molecule has 0 saturated heterocycles. The van der Waals surface area contributed by atoms with Crippen molar-refractivity contribution in [2.45, 2.75) is 11.3 Å². The lowest BCUT2D eigenvalue weighted by molar-refractivity contribution is 0.570. The molecule has 6 nitrogen and oxygen atoms in total. The molecule has 0 spiro atoms. The van der Waals surface area contributed by atoms with Gasteiger partial charge in [-0.2, -0.15) is 0 Å². The summed E-state index contributed by atoms with van der Waals surface area (Å²) in [6.45, 7) is 0. The van der Waals surface area contributed by atoms with Crippen molar-refractivity contribution in [1.82, 2.24) is 9.97 Å². The Labute approximate surface area is 185 Å². The van der Waals surface area contributed by atoms with Crippen LogP contribution in [0.1, 0.15) is 11.3 Å². The van der Waals surface area contributed by atoms with Crippen LogP contribution in [0.3, 0.4) is 0 Å². The molecular formula is C19H14ClFN4O2S3. The molecular weight excluding hydrogens is 467 g/mol. The molecule has 0 fully saturated rings. The Hall–Kier alpha value is -2.53. The Kier molecular flexibility index (Phi) is 6.00. The van der Waals surface area contributed by atoms with Crippen molar-refractivity contribution in [2.75, 3.05) is 10.0 Å². The molecule has 0 aliphatic rings. The number of halogens is 2. The standard InChI is InChI=1S/C19H14ClFN4O2S3/c20-13-3-1-12(2-4-13)9-15-11-29-19(24-15)23-14-5-6-17(16(21)10-14)30(26,27)25-18-22-7-8-28-18/h1-8,10-11H,9H2,(H,22,25)(H,23,24). The van der Waals surface area contributed by atoms with Crippen LogP contribution in [0.4, 0.5) is 20.3 Å². The van der Waals surface area contributed by atoms with E-state index in [9.17, 15) is 12.8 Å². The number of nitrogens with zero attached hydrogens (tertiary/aromatic N) is 2. The minimum atomic E-state index is -4.06. The van der Waals surface area contributed by atoms with Crippen LogP contribution in [0, 0.1) is 5.82 Å². The molecule has 0 saturated carbocycles. The zero-order valence-electron chi connectivity index (χ0n) is 15.2. The third-order valence-corrected chi connectivity index (χ3v) is 7.23. The molecule has 0 amide bonds. The molecule has 2 heterocycles. The fraction of sp³-hybridized carbons (Fsp3) is 0.0526. The van der Waals surface area contributed by atoms with Gasteiger partial charge in [-0.15, -0.1) is 22.7 Å². The molecule has 4 rings (SSSR count). The molecule has 0 aliphatic heterocycles. The number of thiazole rings is 2. The van der Waals surface area contributed by atoms with Crippen LogP contribution in [0.25, 0.3) is 0 Å². The van der Waals surface area contributed by atoms with E-state index in [2.05, 4.69) is 20.0 Å². The van der Waals surface area contributed by atoms with Gasteiger partial charge >= 0.3 is 0 Å². The Morgan fingerprint density at radius 1 is 1.07 bits per heavy atom. The number of benzene rings is 2. The SMILES string of the molecule is O=S(=O)(Nc1nccs1)c1ccc(Nc2nc(Cc3ccc(Cl)cc3)cs2)cc1F. The second-order valence-corrected chi connectivity index (χ2v) is 10.0. The molecule has 2 aromatic carbocycles. The van der Waals surface area contributed by atoms with Crippen molar-refractivity contribution >= 4 is 60.2 Å². The fourth-order valence-corrected chi connectivity index (χ4v) is 5.33. The van der Waals surface area contributed by atoms with E-state index in [1.165, 1.54) is 29.7 Å². The average Bonchev–Trinajstić information content (AvgIpc) is 3.35. The van der Waals surface area contributed by atoms with Gasteiger partial charge in [-0.05, 0) is 35.9 Å². The van der Waals surface area contributed by atoms with Gasteiger partial charge in [0.2, 0.25) is 0 Å². The summed E-state index contributed by atoms with van der Waals surface area (Å²) in [6, 6.07) is 11.3. The first-order chi connectivity index (χ1) is 14.4. The summed E-state index contributed by atoms with van der Waals surface area (Å²) in [6.07, 6.45) is 2.10. The van der Waals surface area contributed by atoms with Crippen molar-refractivity contribution in [3.8, 4) is 0 Å². The van der Waals surface area contributed by atoms with Gasteiger partial charge in [0.1, 0.15) is 10.7 Å². The number of hydrogen-bond acceptors (Lipinski definition) is 7. The van der Waals surface area contributed by atoms with Gasteiger partial charge in [-0.25, -0.2) is 22.8 Å². The van der Waals surface area contributed by atoms with Crippen LogP contribution >= 0.6 is 34.3 Å². The van der Waals surface area contributed by atoms with Gasteiger partial charge in [0, 0.05) is 34.1 Å². The molecule has 0 unspecified atom stereocenters. The van der Waals surface area contributed by atoms with Crippen LogP contribution in [0.2, 0.25) is 5.02 Å². The predicted molar refractivity (Wildman–Crippen MR) is 119 cm³/mol. The van der Waals surface area contributed by atoms with E-state index < -0.39 is 20.7 Å². The number of anilines is 3. The van der Waals surface area contributed by atoms with Crippen LogP contribution in [0.15, 0.2) is 64.3 Å². The Balaban J connectivity index is 1.46. The number of nitrogens with one attached hydrogen (secondary N) is 2. The smallest absolute Gasteiger partial charge is 0.266 e. The van der Waals surface area contributed by atoms with Crippen molar-refractivity contribution < 1.29 is 12.8 Å². The topological polar surface area (TPSA) is 84.0 Å². The van der Waals surface area contributed by atoms with Gasteiger partial charge in [0.25, 0.3) is 10.0 Å². The van der Waals surface area contributed by atoms with Gasteiger partial charge in [-0.1, -0.05) is 23.7 Å². The second kappa shape index (κ2) is 8.68. The average molecular weight is 481 g/mol. The Morgan fingerprint density at radius 3 is 2.57 bits per heavy atom. The highest BCUT2D eigenvalue weighted by atomic mass is 35.5. The Bertz CT molecular complexity index is 1260. The highest BCUT2D eigenvalue weighted by Crippen LogP contribution is 2.26. The summed E-state index contributed by atoms with van der Waals surface area (Å²) in [7, 11) is -4.06. The van der Waals surface area contributed by atoms with E-state index in [-0.39, 0.29) is 5.13 Å². The Morgan fingerprint density at radius 2 is 1.87 bits per heavy atom. The summed E-state index contributed by atoms with van der Waals surface area (Å²) >= 11 is 8.38. The van der Waals surface area contributed by atoms with Gasteiger partial charge < -0.3 is 5.32 Å². The minimum absolute atomic E-state index is 0.174. The first-order valence-electron chi connectivity index (χ1n) is 8.57. The highest BCUT2D eigenvalue weighted by molar-refractivity contribution is 7.93. The van der Waals surface area contributed by atoms with Crippen LogP contribution in [0.5, 0.6) is 0 Å². The van der Waals surface area contributed by atoms with Gasteiger partial charge in [0.15, 0.2) is 10.3 Å². The number of sulfonamides is 1. The molecule has 154 valence electrons. The zero-order valence-corrected chi connectivity index (χ0v) is 18.4. The third-order valence-electron chi connectivity index (χ3n) is 3.98. The predicted octanol–water partition coefficient (Wildman–Crippen LogP) is 5.53. The van der Waals surface area contributed by atoms with Crippen LogP contribution in [-0.2, 0) is 16.4 Å². The van der Waals surface area contributed by atoms with E-state index in [1.54, 1.807) is 5.38 Å². The summed E-state index contributed by atoms with van der Waals surface area (Å²) in [4.78, 5) is 7.88. The molecule has 0 bridgehead atoms. The van der Waals surface area contributed by atoms with Crippen molar-refractivity contribution in [1.29, 1.82) is 0 Å². The van der Waals surface area contributed by atoms with E-state index in [0.29, 0.717) is 22.3 Å². The molecule has 11 heteroatoms. The summed E-state index contributed by atoms with van der Waals surface area (Å²) < 4.78 is 41.5. The highest BCUT2D eigenvalue weighted by Gasteiger charge is 2.20. The lowest BCUT2D eigenvalue weighted by atomic mass is 10.1. The number of rotatable bonds is 7. The second-order valence-electron chi connectivity index (χ2n) is 6.16. The lowest BCUT2D eigenvalue weighted by Crippen LogP contribution is -2.14. The lowest BCUT2D eigenvalue weighted by Gasteiger charge is -2.08. The fourth-order valence-electron chi connectivity index (χ4n) is 2.62. The summed E-state index contributed by atoms with van der Waals surface area (Å²) in [5, 5.41) is 7.96. The zero-order chi connectivity index (χ0) is 21.1. The number of aromatic nitrogens is 2. The first-order valence-corrected chi connectivity index (χ1v) is 12.2. The minimum Gasteiger partial charge on any atom is -0.331 e. The maximum absolute atomic E-state index is 14.5.